The first kappa shape index (κ1) is 14.2. The van der Waals surface area contributed by atoms with Crippen molar-refractivity contribution in [1.82, 2.24) is 5.43 Å². The summed E-state index contributed by atoms with van der Waals surface area (Å²) in [6.07, 6.45) is 2.87. The van der Waals surface area contributed by atoms with Crippen LogP contribution in [0.4, 0.5) is 8.78 Å². The van der Waals surface area contributed by atoms with Crippen LogP contribution in [0.5, 0.6) is 0 Å². The highest BCUT2D eigenvalue weighted by molar-refractivity contribution is 5.36. The molecule has 0 spiro atoms. The van der Waals surface area contributed by atoms with Crippen LogP contribution < -0.4 is 11.3 Å². The van der Waals surface area contributed by atoms with Gasteiger partial charge in [0.15, 0.2) is 11.6 Å². The van der Waals surface area contributed by atoms with E-state index in [0.29, 0.717) is 5.56 Å². The summed E-state index contributed by atoms with van der Waals surface area (Å²) >= 11 is 0. The van der Waals surface area contributed by atoms with E-state index in [1.54, 1.807) is 6.07 Å². The van der Waals surface area contributed by atoms with Crippen molar-refractivity contribution in [2.75, 3.05) is 0 Å². The average Bonchev–Trinajstić information content (AvgIpc) is 2.47. The van der Waals surface area contributed by atoms with Gasteiger partial charge in [0, 0.05) is 11.0 Å². The zero-order chi connectivity index (χ0) is 14.9. The van der Waals surface area contributed by atoms with Crippen LogP contribution in [0.2, 0.25) is 0 Å². The zero-order valence-corrected chi connectivity index (χ0v) is 11.7. The Hall–Kier alpha value is -1.78. The van der Waals surface area contributed by atoms with Gasteiger partial charge in [0.2, 0.25) is 0 Å². The van der Waals surface area contributed by atoms with E-state index in [4.69, 9.17) is 5.84 Å². The molecule has 1 aliphatic rings. The van der Waals surface area contributed by atoms with Gasteiger partial charge in [0.1, 0.15) is 0 Å². The van der Waals surface area contributed by atoms with Crippen LogP contribution >= 0.6 is 0 Å². The molecule has 0 saturated heterocycles. The molecule has 0 heterocycles. The lowest BCUT2D eigenvalue weighted by atomic mass is 9.59. The van der Waals surface area contributed by atoms with Crippen LogP contribution in [0.1, 0.15) is 36.4 Å². The summed E-state index contributed by atoms with van der Waals surface area (Å²) in [7, 11) is 0. The molecule has 0 aliphatic heterocycles. The summed E-state index contributed by atoms with van der Waals surface area (Å²) in [5, 5.41) is 0. The Bertz CT molecular complexity index is 624. The summed E-state index contributed by atoms with van der Waals surface area (Å²) < 4.78 is 27.7. The number of hydrogen-bond acceptors (Lipinski definition) is 2. The molecule has 1 saturated carbocycles. The second-order valence-electron chi connectivity index (χ2n) is 5.62. The second kappa shape index (κ2) is 5.54. The second-order valence-corrected chi connectivity index (χ2v) is 5.62. The zero-order valence-electron chi connectivity index (χ0n) is 11.7. The number of nitrogens with one attached hydrogen (secondary N) is 1. The Morgan fingerprint density at radius 2 is 1.71 bits per heavy atom. The Kier molecular flexibility index (Phi) is 3.74. The first-order chi connectivity index (χ1) is 10.2. The minimum absolute atomic E-state index is 0.273. The van der Waals surface area contributed by atoms with Gasteiger partial charge in [-0.2, -0.15) is 0 Å². The maximum atomic E-state index is 14.2. The number of hydrogen-bond donors (Lipinski definition) is 2. The van der Waals surface area contributed by atoms with E-state index in [1.807, 2.05) is 30.3 Å². The molecule has 0 amide bonds. The van der Waals surface area contributed by atoms with Gasteiger partial charge in [0.05, 0.1) is 6.04 Å². The molecule has 3 N–H and O–H groups in total. The summed E-state index contributed by atoms with van der Waals surface area (Å²) in [5.74, 6) is 4.06. The van der Waals surface area contributed by atoms with Gasteiger partial charge in [-0.1, -0.05) is 48.9 Å². The molecule has 0 bridgehead atoms. The molecule has 2 aromatic rings. The summed E-state index contributed by atoms with van der Waals surface area (Å²) in [5.41, 5.74) is 3.85. The number of halogens is 2. The fraction of sp³-hybridized carbons (Fsp3) is 0.294. The highest BCUT2D eigenvalue weighted by Gasteiger charge is 2.46. The Balaban J connectivity index is 2.08. The molecule has 2 aromatic carbocycles. The third-order valence-corrected chi connectivity index (χ3v) is 4.61. The number of benzene rings is 2. The van der Waals surface area contributed by atoms with E-state index in [0.717, 1.165) is 30.9 Å². The van der Waals surface area contributed by atoms with Gasteiger partial charge in [-0.25, -0.2) is 8.78 Å². The largest absolute Gasteiger partial charge is 0.271 e. The van der Waals surface area contributed by atoms with Crippen LogP contribution in [0.25, 0.3) is 0 Å². The molecular weight excluding hydrogens is 270 g/mol. The lowest BCUT2D eigenvalue weighted by molar-refractivity contribution is 0.166. The van der Waals surface area contributed by atoms with Crippen LogP contribution in [0.3, 0.4) is 0 Å². The third-order valence-electron chi connectivity index (χ3n) is 4.61. The maximum absolute atomic E-state index is 14.2. The van der Waals surface area contributed by atoms with Crippen molar-refractivity contribution < 1.29 is 8.78 Å². The Morgan fingerprint density at radius 1 is 1.00 bits per heavy atom. The standard InChI is InChI=1S/C17H18F2N2/c18-14-9-4-8-13(15(14)19)16(21-20)17(10-5-11-17)12-6-2-1-3-7-12/h1-4,6-9,16,21H,5,10-11,20H2. The van der Waals surface area contributed by atoms with Crippen molar-refractivity contribution in [3.8, 4) is 0 Å². The van der Waals surface area contributed by atoms with Gasteiger partial charge < -0.3 is 0 Å². The van der Waals surface area contributed by atoms with Crippen molar-refractivity contribution in [3.05, 3.63) is 71.3 Å². The maximum Gasteiger partial charge on any atom is 0.163 e. The van der Waals surface area contributed by atoms with Gasteiger partial charge >= 0.3 is 0 Å². The molecule has 0 aromatic heterocycles. The van der Waals surface area contributed by atoms with Crippen molar-refractivity contribution in [3.63, 3.8) is 0 Å². The van der Waals surface area contributed by atoms with Crippen molar-refractivity contribution in [2.24, 2.45) is 5.84 Å². The van der Waals surface area contributed by atoms with Crippen LogP contribution in [0.15, 0.2) is 48.5 Å². The van der Waals surface area contributed by atoms with Crippen LogP contribution in [-0.4, -0.2) is 0 Å². The van der Waals surface area contributed by atoms with Gasteiger partial charge in [-0.3, -0.25) is 11.3 Å². The summed E-state index contributed by atoms with van der Waals surface area (Å²) in [6.45, 7) is 0. The molecule has 110 valence electrons. The summed E-state index contributed by atoms with van der Waals surface area (Å²) in [6, 6.07) is 13.7. The van der Waals surface area contributed by atoms with Crippen molar-refractivity contribution in [1.29, 1.82) is 0 Å². The van der Waals surface area contributed by atoms with E-state index in [1.165, 1.54) is 6.07 Å². The molecule has 1 atom stereocenters. The van der Waals surface area contributed by atoms with E-state index < -0.39 is 17.7 Å². The Labute approximate surface area is 122 Å². The highest BCUT2D eigenvalue weighted by Crippen LogP contribution is 2.52. The molecule has 0 radical (unpaired) electrons. The van der Waals surface area contributed by atoms with Gasteiger partial charge in [-0.15, -0.1) is 0 Å². The summed E-state index contributed by atoms with van der Waals surface area (Å²) in [4.78, 5) is 0. The lowest BCUT2D eigenvalue weighted by Gasteiger charge is -2.48. The number of nitrogens with two attached hydrogens (primary N) is 1. The quantitative estimate of drug-likeness (QED) is 0.666. The van der Waals surface area contributed by atoms with Crippen molar-refractivity contribution in [2.45, 2.75) is 30.7 Å². The van der Waals surface area contributed by atoms with E-state index >= 15 is 0 Å². The minimum Gasteiger partial charge on any atom is -0.271 e. The molecule has 1 fully saturated rings. The molecule has 21 heavy (non-hydrogen) atoms. The van der Waals surface area contributed by atoms with E-state index in [9.17, 15) is 8.78 Å². The molecule has 1 aliphatic carbocycles. The molecule has 1 unspecified atom stereocenters. The smallest absolute Gasteiger partial charge is 0.163 e. The minimum atomic E-state index is -0.838. The molecule has 4 heteroatoms. The number of hydrazine groups is 1. The molecule has 3 rings (SSSR count). The predicted molar refractivity (Wildman–Crippen MR) is 78.4 cm³/mol. The van der Waals surface area contributed by atoms with Gasteiger partial charge in [0.25, 0.3) is 0 Å². The predicted octanol–water partition coefficient (Wildman–Crippen LogP) is 3.59. The topological polar surface area (TPSA) is 38.0 Å². The lowest BCUT2D eigenvalue weighted by Crippen LogP contribution is -2.49. The van der Waals surface area contributed by atoms with Gasteiger partial charge in [-0.05, 0) is 24.5 Å². The van der Waals surface area contributed by atoms with Crippen LogP contribution in [0, 0.1) is 11.6 Å². The highest BCUT2D eigenvalue weighted by atomic mass is 19.2. The average molecular weight is 288 g/mol. The van der Waals surface area contributed by atoms with E-state index in [-0.39, 0.29) is 5.41 Å². The van der Waals surface area contributed by atoms with E-state index in [2.05, 4.69) is 5.43 Å². The number of rotatable bonds is 4. The fourth-order valence-electron chi connectivity index (χ4n) is 3.36. The SMILES string of the molecule is NNC(c1cccc(F)c1F)C1(c2ccccc2)CCC1. The first-order valence-corrected chi connectivity index (χ1v) is 7.14. The fourth-order valence-corrected chi connectivity index (χ4v) is 3.36. The first-order valence-electron chi connectivity index (χ1n) is 7.14. The third kappa shape index (κ3) is 2.24. The normalized spacial score (nSPS) is 18.0. The Morgan fingerprint density at radius 3 is 2.29 bits per heavy atom. The molecular formula is C17H18F2N2. The molecule has 2 nitrogen and oxygen atoms in total. The monoisotopic (exact) mass is 288 g/mol. The van der Waals surface area contributed by atoms with Crippen LogP contribution in [-0.2, 0) is 5.41 Å². The van der Waals surface area contributed by atoms with Crippen molar-refractivity contribution >= 4 is 0 Å².